The number of halogens is 1. The molecule has 3 nitrogen and oxygen atoms in total. The molecule has 1 N–H and O–H groups in total. The SMILES string of the molecule is Cc1cc(C)cc(N2C(=O)c3ccccc3N[C@@H]2c2ccc(F)cc2)c1. The zero-order valence-corrected chi connectivity index (χ0v) is 14.7. The summed E-state index contributed by atoms with van der Waals surface area (Å²) in [5.41, 5.74) is 5.24. The Hall–Kier alpha value is -3.14. The molecule has 0 fully saturated rings. The minimum atomic E-state index is -0.404. The van der Waals surface area contributed by atoms with Crippen LogP contribution in [0.4, 0.5) is 15.8 Å². The lowest BCUT2D eigenvalue weighted by Crippen LogP contribution is -2.43. The molecule has 0 aromatic heterocycles. The highest BCUT2D eigenvalue weighted by molar-refractivity contribution is 6.12. The maximum absolute atomic E-state index is 13.4. The van der Waals surface area contributed by atoms with E-state index >= 15 is 0 Å². The van der Waals surface area contributed by atoms with Crippen molar-refractivity contribution in [3.63, 3.8) is 0 Å². The predicted octanol–water partition coefficient (Wildman–Crippen LogP) is 5.21. The van der Waals surface area contributed by atoms with E-state index in [-0.39, 0.29) is 11.7 Å². The molecule has 3 aromatic carbocycles. The van der Waals surface area contributed by atoms with Crippen LogP contribution in [0, 0.1) is 19.7 Å². The average molecular weight is 346 g/mol. The molecule has 1 aliphatic rings. The summed E-state index contributed by atoms with van der Waals surface area (Å²) >= 11 is 0. The van der Waals surface area contributed by atoms with Crippen LogP contribution in [-0.4, -0.2) is 5.91 Å². The van der Waals surface area contributed by atoms with Gasteiger partial charge >= 0.3 is 0 Å². The number of hydrogen-bond acceptors (Lipinski definition) is 2. The minimum absolute atomic E-state index is 0.0707. The van der Waals surface area contributed by atoms with Gasteiger partial charge in [-0.2, -0.15) is 0 Å². The molecule has 1 heterocycles. The Bertz CT molecular complexity index is 961. The molecule has 3 aromatic rings. The first-order chi connectivity index (χ1) is 12.5. The van der Waals surface area contributed by atoms with Crippen molar-refractivity contribution in [3.8, 4) is 0 Å². The fourth-order valence-corrected chi connectivity index (χ4v) is 3.49. The number of carbonyl (C=O) groups is 1. The van der Waals surface area contributed by atoms with Gasteiger partial charge in [-0.1, -0.05) is 30.3 Å². The molecule has 0 unspecified atom stereocenters. The van der Waals surface area contributed by atoms with Gasteiger partial charge in [0.15, 0.2) is 0 Å². The maximum atomic E-state index is 13.4. The average Bonchev–Trinajstić information content (AvgIpc) is 2.61. The van der Waals surface area contributed by atoms with Gasteiger partial charge in [0.05, 0.1) is 5.56 Å². The lowest BCUT2D eigenvalue weighted by molar-refractivity contribution is 0.0975. The number of para-hydroxylation sites is 1. The lowest BCUT2D eigenvalue weighted by Gasteiger charge is -2.38. The van der Waals surface area contributed by atoms with E-state index in [1.165, 1.54) is 12.1 Å². The molecule has 1 amide bonds. The largest absolute Gasteiger partial charge is 0.360 e. The first-order valence-corrected chi connectivity index (χ1v) is 8.56. The zero-order valence-electron chi connectivity index (χ0n) is 14.7. The quantitative estimate of drug-likeness (QED) is 0.690. The van der Waals surface area contributed by atoms with E-state index in [1.54, 1.807) is 17.0 Å². The first-order valence-electron chi connectivity index (χ1n) is 8.56. The van der Waals surface area contributed by atoms with Crippen LogP contribution < -0.4 is 10.2 Å². The maximum Gasteiger partial charge on any atom is 0.262 e. The smallest absolute Gasteiger partial charge is 0.262 e. The van der Waals surface area contributed by atoms with Gasteiger partial charge in [-0.05, 0) is 66.9 Å². The van der Waals surface area contributed by atoms with Gasteiger partial charge in [-0.3, -0.25) is 9.69 Å². The molecule has 4 rings (SSSR count). The summed E-state index contributed by atoms with van der Waals surface area (Å²) in [7, 11) is 0. The molecule has 26 heavy (non-hydrogen) atoms. The summed E-state index contributed by atoms with van der Waals surface area (Å²) in [4.78, 5) is 15.0. The highest BCUT2D eigenvalue weighted by Gasteiger charge is 2.34. The van der Waals surface area contributed by atoms with Crippen molar-refractivity contribution in [1.82, 2.24) is 0 Å². The van der Waals surface area contributed by atoms with Crippen LogP contribution in [0.3, 0.4) is 0 Å². The summed E-state index contributed by atoms with van der Waals surface area (Å²) in [5.74, 6) is -0.368. The van der Waals surface area contributed by atoms with Gasteiger partial charge in [0.1, 0.15) is 12.0 Å². The summed E-state index contributed by atoms with van der Waals surface area (Å²) in [6, 6.07) is 19.8. The van der Waals surface area contributed by atoms with Crippen LogP contribution in [0.15, 0.2) is 66.7 Å². The Morgan fingerprint density at radius 1 is 0.923 bits per heavy atom. The first kappa shape index (κ1) is 16.3. The number of anilines is 2. The number of amides is 1. The summed E-state index contributed by atoms with van der Waals surface area (Å²) < 4.78 is 13.4. The normalized spacial score (nSPS) is 16.2. The number of benzene rings is 3. The van der Waals surface area contributed by atoms with Crippen molar-refractivity contribution in [2.75, 3.05) is 10.2 Å². The zero-order chi connectivity index (χ0) is 18.3. The highest BCUT2D eigenvalue weighted by Crippen LogP contribution is 2.37. The number of fused-ring (bicyclic) bond motifs is 1. The van der Waals surface area contributed by atoms with Crippen molar-refractivity contribution in [3.05, 3.63) is 94.8 Å². The van der Waals surface area contributed by atoms with Crippen LogP contribution in [0.2, 0.25) is 0 Å². The molecule has 0 saturated heterocycles. The fraction of sp³-hybridized carbons (Fsp3) is 0.136. The number of hydrogen-bond donors (Lipinski definition) is 1. The number of rotatable bonds is 2. The van der Waals surface area contributed by atoms with Crippen molar-refractivity contribution in [2.45, 2.75) is 20.0 Å². The molecule has 1 aliphatic heterocycles. The minimum Gasteiger partial charge on any atom is -0.360 e. The van der Waals surface area contributed by atoms with Crippen molar-refractivity contribution in [1.29, 1.82) is 0 Å². The van der Waals surface area contributed by atoms with Crippen LogP contribution in [0.5, 0.6) is 0 Å². The standard InChI is InChI=1S/C22H19FN2O/c1-14-11-15(2)13-18(12-14)25-21(16-7-9-17(23)10-8-16)24-20-6-4-3-5-19(20)22(25)26/h3-13,21,24H,1-2H3/t21-/m0/s1. The lowest BCUT2D eigenvalue weighted by atomic mass is 10.0. The second-order valence-electron chi connectivity index (χ2n) is 6.67. The van der Waals surface area contributed by atoms with Crippen LogP contribution in [0.1, 0.15) is 33.2 Å². The second kappa shape index (κ2) is 6.30. The Kier molecular flexibility index (Phi) is 3.96. The predicted molar refractivity (Wildman–Crippen MR) is 102 cm³/mol. The van der Waals surface area contributed by atoms with E-state index < -0.39 is 6.17 Å². The Balaban J connectivity index is 1.88. The van der Waals surface area contributed by atoms with Crippen molar-refractivity contribution in [2.24, 2.45) is 0 Å². The molecular weight excluding hydrogens is 327 g/mol. The van der Waals surface area contributed by atoms with Gasteiger partial charge < -0.3 is 5.32 Å². The van der Waals surface area contributed by atoms with Crippen LogP contribution in [-0.2, 0) is 0 Å². The Morgan fingerprint density at radius 3 is 2.27 bits per heavy atom. The van der Waals surface area contributed by atoms with Gasteiger partial charge in [0.2, 0.25) is 0 Å². The van der Waals surface area contributed by atoms with E-state index in [2.05, 4.69) is 11.4 Å². The molecule has 4 heteroatoms. The monoisotopic (exact) mass is 346 g/mol. The molecule has 0 spiro atoms. The summed E-state index contributed by atoms with van der Waals surface area (Å²) in [6.07, 6.45) is -0.404. The molecule has 130 valence electrons. The van der Waals surface area contributed by atoms with Crippen LogP contribution >= 0.6 is 0 Å². The number of nitrogens with one attached hydrogen (secondary N) is 1. The second-order valence-corrected chi connectivity index (χ2v) is 6.67. The van der Waals surface area contributed by atoms with Crippen molar-refractivity contribution >= 4 is 17.3 Å². The third-order valence-corrected chi connectivity index (χ3v) is 4.60. The number of aryl methyl sites for hydroxylation is 2. The summed E-state index contributed by atoms with van der Waals surface area (Å²) in [5, 5.41) is 3.43. The molecule has 0 bridgehead atoms. The van der Waals surface area contributed by atoms with E-state index in [1.807, 2.05) is 50.2 Å². The van der Waals surface area contributed by atoms with E-state index in [0.717, 1.165) is 28.1 Å². The fourth-order valence-electron chi connectivity index (χ4n) is 3.49. The molecule has 0 aliphatic carbocycles. The highest BCUT2D eigenvalue weighted by atomic mass is 19.1. The van der Waals surface area contributed by atoms with Gasteiger partial charge in [0.25, 0.3) is 5.91 Å². The molecule has 0 radical (unpaired) electrons. The molecular formula is C22H19FN2O. The van der Waals surface area contributed by atoms with Gasteiger partial charge in [-0.25, -0.2) is 4.39 Å². The third-order valence-electron chi connectivity index (χ3n) is 4.60. The molecule has 1 atom stereocenters. The molecule has 0 saturated carbocycles. The van der Waals surface area contributed by atoms with Crippen LogP contribution in [0.25, 0.3) is 0 Å². The number of carbonyl (C=O) groups excluding carboxylic acids is 1. The van der Waals surface area contributed by atoms with E-state index in [0.29, 0.717) is 5.56 Å². The Morgan fingerprint density at radius 2 is 1.58 bits per heavy atom. The van der Waals surface area contributed by atoms with Gasteiger partial charge in [-0.15, -0.1) is 0 Å². The van der Waals surface area contributed by atoms with E-state index in [9.17, 15) is 9.18 Å². The van der Waals surface area contributed by atoms with E-state index in [4.69, 9.17) is 0 Å². The Labute approximate surface area is 152 Å². The topological polar surface area (TPSA) is 32.3 Å². The van der Waals surface area contributed by atoms with Gasteiger partial charge in [0, 0.05) is 11.4 Å². The van der Waals surface area contributed by atoms with Crippen molar-refractivity contribution < 1.29 is 9.18 Å². The number of nitrogens with zero attached hydrogens (tertiary/aromatic N) is 1. The third kappa shape index (κ3) is 2.84. The summed E-state index contributed by atoms with van der Waals surface area (Å²) in [6.45, 7) is 4.03.